The molecule has 0 saturated carbocycles. The highest BCUT2D eigenvalue weighted by Crippen LogP contribution is 2.48. The molecular formula is C17H17N3O3S. The van der Waals surface area contributed by atoms with E-state index in [1.807, 2.05) is 19.2 Å². The molecule has 0 spiro atoms. The molecule has 0 N–H and O–H groups in total. The number of hydrogen-bond acceptors (Lipinski definition) is 6. The molecule has 1 aromatic carbocycles. The number of aromatic nitrogens is 1. The highest BCUT2D eigenvalue weighted by molar-refractivity contribution is 7.11. The van der Waals surface area contributed by atoms with Gasteiger partial charge in [0, 0.05) is 23.2 Å². The fourth-order valence-electron chi connectivity index (χ4n) is 2.37. The van der Waals surface area contributed by atoms with Gasteiger partial charge >= 0.3 is 0 Å². The number of nitrogens with zero attached hydrogens (tertiary/aromatic N) is 3. The van der Waals surface area contributed by atoms with Gasteiger partial charge in [-0.1, -0.05) is 16.5 Å². The van der Waals surface area contributed by atoms with Crippen molar-refractivity contribution in [3.8, 4) is 22.4 Å². The second-order valence-electron chi connectivity index (χ2n) is 5.48. The van der Waals surface area contributed by atoms with Crippen LogP contribution in [0.2, 0.25) is 0 Å². The minimum Gasteiger partial charge on any atom is -0.504 e. The lowest BCUT2D eigenvalue weighted by Gasteiger charge is -2.16. The van der Waals surface area contributed by atoms with Crippen molar-refractivity contribution >= 4 is 22.7 Å². The largest absolute Gasteiger partial charge is 0.504 e. The first-order chi connectivity index (χ1) is 11.7. The maximum atomic E-state index is 7.51. The SMILES string of the molecule is [C-]#[N+]c1c(ON=C(C)C)cc(Oc2nccs2)c2c1OCCCC2. The molecule has 0 atom stereocenters. The van der Waals surface area contributed by atoms with Crippen LogP contribution in [0.4, 0.5) is 5.69 Å². The van der Waals surface area contributed by atoms with E-state index >= 15 is 0 Å². The Kier molecular flexibility index (Phi) is 4.96. The minimum atomic E-state index is 0.332. The molecule has 0 saturated heterocycles. The highest BCUT2D eigenvalue weighted by atomic mass is 32.1. The first-order valence-corrected chi connectivity index (χ1v) is 8.52. The van der Waals surface area contributed by atoms with Gasteiger partial charge in [-0.15, -0.1) is 0 Å². The Bertz CT molecular complexity index is 790. The Balaban J connectivity index is 2.10. The van der Waals surface area contributed by atoms with Crippen LogP contribution in [0.1, 0.15) is 32.3 Å². The maximum Gasteiger partial charge on any atom is 0.278 e. The summed E-state index contributed by atoms with van der Waals surface area (Å²) in [4.78, 5) is 13.2. The number of hydrogen-bond donors (Lipinski definition) is 0. The summed E-state index contributed by atoms with van der Waals surface area (Å²) in [5.74, 6) is 1.47. The maximum absolute atomic E-state index is 7.51. The van der Waals surface area contributed by atoms with E-state index in [0.717, 1.165) is 30.5 Å². The first-order valence-electron chi connectivity index (χ1n) is 7.64. The number of thiazole rings is 1. The normalized spacial score (nSPS) is 13.0. The quantitative estimate of drug-likeness (QED) is 0.446. The van der Waals surface area contributed by atoms with E-state index in [9.17, 15) is 0 Å². The monoisotopic (exact) mass is 343 g/mol. The molecule has 0 aliphatic carbocycles. The number of oxime groups is 1. The van der Waals surface area contributed by atoms with Gasteiger partial charge in [0.1, 0.15) is 11.5 Å². The molecule has 0 amide bonds. The molecule has 0 fully saturated rings. The molecule has 0 bridgehead atoms. The van der Waals surface area contributed by atoms with Gasteiger partial charge < -0.3 is 14.3 Å². The lowest BCUT2D eigenvalue weighted by atomic mass is 10.1. The summed E-state index contributed by atoms with van der Waals surface area (Å²) in [5.41, 5.74) is 1.98. The predicted molar refractivity (Wildman–Crippen MR) is 92.7 cm³/mol. The van der Waals surface area contributed by atoms with Gasteiger partial charge in [0.15, 0.2) is 5.75 Å². The minimum absolute atomic E-state index is 0.332. The fourth-order valence-corrected chi connectivity index (χ4v) is 2.87. The van der Waals surface area contributed by atoms with Gasteiger partial charge in [-0.3, -0.25) is 0 Å². The van der Waals surface area contributed by atoms with Crippen LogP contribution in [0, 0.1) is 6.57 Å². The molecule has 124 valence electrons. The number of rotatable bonds is 4. The van der Waals surface area contributed by atoms with Crippen molar-refractivity contribution in [2.45, 2.75) is 33.1 Å². The van der Waals surface area contributed by atoms with Gasteiger partial charge in [0.2, 0.25) is 0 Å². The zero-order valence-electron chi connectivity index (χ0n) is 13.5. The molecule has 3 rings (SSSR count). The van der Waals surface area contributed by atoms with Crippen LogP contribution < -0.4 is 14.3 Å². The Labute approximate surface area is 144 Å². The molecular weight excluding hydrogens is 326 g/mol. The summed E-state index contributed by atoms with van der Waals surface area (Å²) in [7, 11) is 0. The summed E-state index contributed by atoms with van der Waals surface area (Å²) in [6.45, 7) is 11.7. The van der Waals surface area contributed by atoms with E-state index in [1.165, 1.54) is 11.3 Å². The van der Waals surface area contributed by atoms with Crippen LogP contribution in [0.5, 0.6) is 22.4 Å². The Morgan fingerprint density at radius 3 is 2.96 bits per heavy atom. The van der Waals surface area contributed by atoms with Crippen molar-refractivity contribution in [1.82, 2.24) is 4.98 Å². The van der Waals surface area contributed by atoms with Crippen LogP contribution in [0.15, 0.2) is 22.8 Å². The van der Waals surface area contributed by atoms with E-state index in [1.54, 1.807) is 12.3 Å². The van der Waals surface area contributed by atoms with Crippen molar-refractivity contribution in [1.29, 1.82) is 0 Å². The third kappa shape index (κ3) is 3.49. The van der Waals surface area contributed by atoms with E-state index in [-0.39, 0.29) is 0 Å². The Morgan fingerprint density at radius 1 is 1.38 bits per heavy atom. The van der Waals surface area contributed by atoms with Crippen molar-refractivity contribution < 1.29 is 14.3 Å². The molecule has 0 radical (unpaired) electrons. The van der Waals surface area contributed by atoms with Crippen LogP contribution in [-0.2, 0) is 6.42 Å². The Hall–Kier alpha value is -2.59. The average Bonchev–Trinajstić information content (AvgIpc) is 2.95. The van der Waals surface area contributed by atoms with E-state index in [4.69, 9.17) is 20.9 Å². The summed E-state index contributed by atoms with van der Waals surface area (Å²) < 4.78 is 11.8. The van der Waals surface area contributed by atoms with Crippen LogP contribution >= 0.6 is 11.3 Å². The number of benzene rings is 1. The molecule has 2 heterocycles. The summed E-state index contributed by atoms with van der Waals surface area (Å²) in [6, 6.07) is 1.70. The zero-order valence-corrected chi connectivity index (χ0v) is 14.4. The molecule has 1 aliphatic rings. The molecule has 24 heavy (non-hydrogen) atoms. The van der Waals surface area contributed by atoms with E-state index in [2.05, 4.69) is 15.0 Å². The van der Waals surface area contributed by atoms with Gasteiger partial charge in [0.05, 0.1) is 18.9 Å². The van der Waals surface area contributed by atoms with Gasteiger partial charge in [-0.05, 0) is 33.1 Å². The van der Waals surface area contributed by atoms with Gasteiger partial charge in [-0.2, -0.15) is 0 Å². The average molecular weight is 343 g/mol. The van der Waals surface area contributed by atoms with Crippen LogP contribution in [-0.4, -0.2) is 17.3 Å². The van der Waals surface area contributed by atoms with Crippen molar-refractivity contribution in [3.63, 3.8) is 0 Å². The molecule has 6 nitrogen and oxygen atoms in total. The Morgan fingerprint density at radius 2 is 2.25 bits per heavy atom. The molecule has 1 aromatic heterocycles. The van der Waals surface area contributed by atoms with E-state index < -0.39 is 0 Å². The number of ether oxygens (including phenoxy) is 2. The van der Waals surface area contributed by atoms with Crippen molar-refractivity contribution in [2.75, 3.05) is 6.61 Å². The van der Waals surface area contributed by atoms with Crippen LogP contribution in [0.3, 0.4) is 0 Å². The smallest absolute Gasteiger partial charge is 0.278 e. The fraction of sp³-hybridized carbons (Fsp3) is 0.353. The number of fused-ring (bicyclic) bond motifs is 1. The molecule has 7 heteroatoms. The second-order valence-corrected chi connectivity index (χ2v) is 6.33. The third-order valence-corrected chi connectivity index (χ3v) is 4.04. The van der Waals surface area contributed by atoms with Crippen LogP contribution in [0.25, 0.3) is 4.85 Å². The second kappa shape index (κ2) is 7.32. The molecule has 1 aliphatic heterocycles. The summed E-state index contributed by atoms with van der Waals surface area (Å²) in [5, 5.41) is 6.35. The highest BCUT2D eigenvalue weighted by Gasteiger charge is 2.24. The lowest BCUT2D eigenvalue weighted by Crippen LogP contribution is -1.99. The van der Waals surface area contributed by atoms with Crippen molar-refractivity contribution in [2.24, 2.45) is 5.16 Å². The lowest BCUT2D eigenvalue weighted by molar-refractivity contribution is 0.310. The van der Waals surface area contributed by atoms with Crippen molar-refractivity contribution in [3.05, 3.63) is 34.6 Å². The third-order valence-electron chi connectivity index (χ3n) is 3.39. The standard InChI is InChI=1S/C17H17N3O3S/c1-11(2)20-23-14-10-13(22-17-19-7-9-24-17)12-6-4-5-8-21-16(12)15(14)18-3/h7,9-10H,4-6,8H2,1-2H3. The van der Waals surface area contributed by atoms with Gasteiger partial charge in [0.25, 0.3) is 10.9 Å². The first kappa shape index (κ1) is 16.3. The molecule has 2 aromatic rings. The summed E-state index contributed by atoms with van der Waals surface area (Å²) >= 11 is 1.40. The molecule has 0 unspecified atom stereocenters. The van der Waals surface area contributed by atoms with E-state index in [0.29, 0.717) is 34.7 Å². The predicted octanol–water partition coefficient (Wildman–Crippen LogP) is 4.98. The zero-order chi connectivity index (χ0) is 16.9. The van der Waals surface area contributed by atoms with Gasteiger partial charge in [-0.25, -0.2) is 9.83 Å². The topological polar surface area (TPSA) is 57.3 Å². The summed E-state index contributed by atoms with van der Waals surface area (Å²) in [6.07, 6.45) is 4.38.